The second-order valence-electron chi connectivity index (χ2n) is 2.81. The SMILES string of the molecule is COCC1=CC(C)=NC(=O)C1C#N. The molecule has 1 atom stereocenters. The van der Waals surface area contributed by atoms with Crippen molar-refractivity contribution in [3.63, 3.8) is 0 Å². The third-order valence-electron chi connectivity index (χ3n) is 1.74. The van der Waals surface area contributed by atoms with Crippen LogP contribution >= 0.6 is 0 Å². The highest BCUT2D eigenvalue weighted by Crippen LogP contribution is 2.17. The van der Waals surface area contributed by atoms with E-state index in [1.807, 2.05) is 6.07 Å². The van der Waals surface area contributed by atoms with Crippen molar-refractivity contribution in [3.8, 4) is 6.07 Å². The largest absolute Gasteiger partial charge is 0.380 e. The number of dihydropyridines is 1. The van der Waals surface area contributed by atoms with Gasteiger partial charge in [0.2, 0.25) is 0 Å². The number of carbonyl (C=O) groups excluding carboxylic acids is 1. The number of rotatable bonds is 2. The van der Waals surface area contributed by atoms with Crippen molar-refractivity contribution in [3.05, 3.63) is 11.6 Å². The summed E-state index contributed by atoms with van der Waals surface area (Å²) < 4.78 is 4.88. The highest BCUT2D eigenvalue weighted by atomic mass is 16.5. The van der Waals surface area contributed by atoms with E-state index in [0.29, 0.717) is 17.9 Å². The maximum Gasteiger partial charge on any atom is 0.267 e. The molecule has 0 N–H and O–H groups in total. The van der Waals surface area contributed by atoms with E-state index in [1.165, 1.54) is 7.11 Å². The minimum Gasteiger partial charge on any atom is -0.380 e. The van der Waals surface area contributed by atoms with E-state index >= 15 is 0 Å². The molecule has 0 bridgehead atoms. The fourth-order valence-corrected chi connectivity index (χ4v) is 1.21. The van der Waals surface area contributed by atoms with Gasteiger partial charge in [-0.3, -0.25) is 4.79 Å². The molecule has 0 fully saturated rings. The molecule has 1 aliphatic rings. The molecule has 0 aromatic rings. The summed E-state index contributed by atoms with van der Waals surface area (Å²) >= 11 is 0. The molecule has 0 aromatic heterocycles. The van der Waals surface area contributed by atoms with Crippen LogP contribution in [0.1, 0.15) is 6.92 Å². The Morgan fingerprint density at radius 1 is 1.77 bits per heavy atom. The van der Waals surface area contributed by atoms with Gasteiger partial charge in [-0.15, -0.1) is 0 Å². The first kappa shape index (κ1) is 9.62. The topological polar surface area (TPSA) is 62.4 Å². The summed E-state index contributed by atoms with van der Waals surface area (Å²) in [7, 11) is 1.53. The van der Waals surface area contributed by atoms with Gasteiger partial charge in [-0.1, -0.05) is 0 Å². The first-order valence-electron chi connectivity index (χ1n) is 3.87. The van der Waals surface area contributed by atoms with Crippen molar-refractivity contribution in [1.29, 1.82) is 5.26 Å². The second-order valence-corrected chi connectivity index (χ2v) is 2.81. The lowest BCUT2D eigenvalue weighted by molar-refractivity contribution is -0.119. The lowest BCUT2D eigenvalue weighted by atomic mass is 9.96. The summed E-state index contributed by atoms with van der Waals surface area (Å²) in [6.07, 6.45) is 1.72. The maximum absolute atomic E-state index is 11.2. The molecule has 1 amide bonds. The van der Waals surface area contributed by atoms with Crippen molar-refractivity contribution < 1.29 is 9.53 Å². The molecule has 1 aliphatic heterocycles. The maximum atomic E-state index is 11.2. The lowest BCUT2D eigenvalue weighted by Crippen LogP contribution is -2.21. The fraction of sp³-hybridized carbons (Fsp3) is 0.444. The molecule has 0 saturated heterocycles. The highest BCUT2D eigenvalue weighted by molar-refractivity contribution is 6.06. The minimum absolute atomic E-state index is 0.302. The number of methoxy groups -OCH3 is 1. The van der Waals surface area contributed by atoms with Crippen molar-refractivity contribution in [1.82, 2.24) is 0 Å². The third kappa shape index (κ3) is 2.01. The van der Waals surface area contributed by atoms with Crippen LogP contribution in [-0.4, -0.2) is 25.3 Å². The Labute approximate surface area is 76.5 Å². The molecule has 1 heterocycles. The van der Waals surface area contributed by atoms with Crippen LogP contribution in [-0.2, 0) is 9.53 Å². The van der Waals surface area contributed by atoms with Crippen LogP contribution in [0.2, 0.25) is 0 Å². The standard InChI is InChI=1S/C9H10N2O2/c1-6-3-7(5-13-2)8(4-10)9(12)11-6/h3,8H,5H2,1-2H3. The third-order valence-corrected chi connectivity index (χ3v) is 1.74. The zero-order valence-corrected chi connectivity index (χ0v) is 7.57. The van der Waals surface area contributed by atoms with Gasteiger partial charge in [0, 0.05) is 12.8 Å². The zero-order valence-electron chi connectivity index (χ0n) is 7.57. The van der Waals surface area contributed by atoms with Crippen LogP contribution in [0.15, 0.2) is 16.6 Å². The van der Waals surface area contributed by atoms with Crippen LogP contribution in [0.3, 0.4) is 0 Å². The number of allylic oxidation sites excluding steroid dienone is 1. The van der Waals surface area contributed by atoms with Gasteiger partial charge in [-0.05, 0) is 18.6 Å². The number of nitrogens with zero attached hydrogens (tertiary/aromatic N) is 2. The number of aliphatic imine (C=N–C) groups is 1. The molecule has 13 heavy (non-hydrogen) atoms. The molecular weight excluding hydrogens is 168 g/mol. The summed E-state index contributed by atoms with van der Waals surface area (Å²) in [5.74, 6) is -1.15. The lowest BCUT2D eigenvalue weighted by Gasteiger charge is -2.13. The Kier molecular flexibility index (Phi) is 2.93. The molecule has 0 aliphatic carbocycles. The molecule has 0 aromatic carbocycles. The van der Waals surface area contributed by atoms with Gasteiger partial charge in [-0.2, -0.15) is 5.26 Å². The Bertz CT molecular complexity index is 323. The number of hydrogen-bond acceptors (Lipinski definition) is 3. The first-order chi connectivity index (χ1) is 6.19. The summed E-state index contributed by atoms with van der Waals surface area (Å²) in [5.41, 5.74) is 1.31. The average Bonchev–Trinajstić information content (AvgIpc) is 2.04. The fourth-order valence-electron chi connectivity index (χ4n) is 1.21. The second kappa shape index (κ2) is 3.97. The zero-order chi connectivity index (χ0) is 9.84. The first-order valence-corrected chi connectivity index (χ1v) is 3.87. The molecule has 0 spiro atoms. The summed E-state index contributed by atoms with van der Waals surface area (Å²) in [4.78, 5) is 14.9. The molecule has 0 saturated carbocycles. The number of nitriles is 1. The Morgan fingerprint density at radius 3 is 3.00 bits per heavy atom. The van der Waals surface area contributed by atoms with E-state index in [-0.39, 0.29) is 0 Å². The molecule has 4 nitrogen and oxygen atoms in total. The van der Waals surface area contributed by atoms with Crippen LogP contribution in [0.5, 0.6) is 0 Å². The monoisotopic (exact) mass is 178 g/mol. The number of carbonyl (C=O) groups is 1. The van der Waals surface area contributed by atoms with E-state index in [2.05, 4.69) is 4.99 Å². The molecule has 68 valence electrons. The smallest absolute Gasteiger partial charge is 0.267 e. The van der Waals surface area contributed by atoms with Gasteiger partial charge in [0.15, 0.2) is 5.92 Å². The van der Waals surface area contributed by atoms with Gasteiger partial charge in [0.05, 0.1) is 12.7 Å². The van der Waals surface area contributed by atoms with Crippen LogP contribution in [0.4, 0.5) is 0 Å². The summed E-state index contributed by atoms with van der Waals surface area (Å²) in [6.45, 7) is 2.03. The van der Waals surface area contributed by atoms with E-state index in [9.17, 15) is 4.79 Å². The Morgan fingerprint density at radius 2 is 2.46 bits per heavy atom. The van der Waals surface area contributed by atoms with E-state index in [0.717, 1.165) is 0 Å². The van der Waals surface area contributed by atoms with Crippen molar-refractivity contribution in [2.75, 3.05) is 13.7 Å². The molecule has 4 heteroatoms. The highest BCUT2D eigenvalue weighted by Gasteiger charge is 2.25. The van der Waals surface area contributed by atoms with Gasteiger partial charge >= 0.3 is 0 Å². The van der Waals surface area contributed by atoms with E-state index < -0.39 is 11.8 Å². The predicted octanol–water partition coefficient (Wildman–Crippen LogP) is 0.700. The Hall–Kier alpha value is -1.47. The summed E-state index contributed by atoms with van der Waals surface area (Å²) in [5, 5.41) is 8.71. The quantitative estimate of drug-likeness (QED) is 0.625. The summed E-state index contributed by atoms with van der Waals surface area (Å²) in [6, 6.07) is 1.90. The van der Waals surface area contributed by atoms with Crippen molar-refractivity contribution >= 4 is 11.6 Å². The Balaban J connectivity index is 2.94. The molecule has 1 rings (SSSR count). The van der Waals surface area contributed by atoms with Gasteiger partial charge in [-0.25, -0.2) is 4.99 Å². The van der Waals surface area contributed by atoms with Crippen LogP contribution in [0, 0.1) is 17.2 Å². The number of ether oxygens (including phenoxy) is 1. The molecule has 1 unspecified atom stereocenters. The van der Waals surface area contributed by atoms with Crippen LogP contribution < -0.4 is 0 Å². The van der Waals surface area contributed by atoms with Crippen molar-refractivity contribution in [2.24, 2.45) is 10.9 Å². The van der Waals surface area contributed by atoms with Gasteiger partial charge < -0.3 is 4.74 Å². The van der Waals surface area contributed by atoms with Crippen molar-refractivity contribution in [2.45, 2.75) is 6.92 Å². The minimum atomic E-state index is -0.761. The van der Waals surface area contributed by atoms with Gasteiger partial charge in [0.1, 0.15) is 0 Å². The van der Waals surface area contributed by atoms with Crippen LogP contribution in [0.25, 0.3) is 0 Å². The number of amides is 1. The molecular formula is C9H10N2O2. The van der Waals surface area contributed by atoms with E-state index in [1.54, 1.807) is 13.0 Å². The van der Waals surface area contributed by atoms with E-state index in [4.69, 9.17) is 10.00 Å². The molecule has 0 radical (unpaired) electrons. The number of hydrogen-bond donors (Lipinski definition) is 0. The predicted molar refractivity (Wildman–Crippen MR) is 47.2 cm³/mol. The average molecular weight is 178 g/mol. The normalized spacial score (nSPS) is 21.9. The van der Waals surface area contributed by atoms with Gasteiger partial charge in [0.25, 0.3) is 5.91 Å².